The van der Waals surface area contributed by atoms with Crippen molar-refractivity contribution in [1.82, 2.24) is 0 Å². The largest absolute Gasteiger partial charge is 0.229 e. The highest BCUT2D eigenvalue weighted by molar-refractivity contribution is 7.96. The lowest BCUT2D eigenvalue weighted by Gasteiger charge is -2.09. The molecule has 0 N–H and O–H groups in total. The molecule has 0 saturated carbocycles. The number of hydrogen-bond donors (Lipinski definition) is 0. The van der Waals surface area contributed by atoms with Crippen LogP contribution in [0.15, 0.2) is 35.2 Å². The van der Waals surface area contributed by atoms with Crippen LogP contribution in [0.5, 0.6) is 0 Å². The number of benzene rings is 1. The maximum atomic E-state index is 12.1. The maximum absolute atomic E-state index is 12.1. The first kappa shape index (κ1) is 11.6. The fraction of sp³-hybridized carbons (Fsp3) is 0.400. The van der Waals surface area contributed by atoms with Crippen LogP contribution in [-0.2, 0) is 19.7 Å². The van der Waals surface area contributed by atoms with Crippen LogP contribution in [-0.4, -0.2) is 33.6 Å². The standard InChI is InChI=1S/C10H12O4S2/c11-15(12)7-6-10(8-15)16(13,14)9-4-2-1-3-5-9/h1-5,10H,6-8H2. The molecule has 1 aromatic carbocycles. The van der Waals surface area contributed by atoms with Gasteiger partial charge in [0.1, 0.15) is 0 Å². The Bertz CT molecular complexity index is 573. The predicted molar refractivity (Wildman–Crippen MR) is 60.7 cm³/mol. The predicted octanol–water partition coefficient (Wildman–Crippen LogP) is 0.647. The minimum atomic E-state index is -3.49. The van der Waals surface area contributed by atoms with Gasteiger partial charge < -0.3 is 0 Å². The minimum Gasteiger partial charge on any atom is -0.229 e. The second-order valence-corrected chi connectivity index (χ2v) is 8.34. The van der Waals surface area contributed by atoms with Crippen LogP contribution >= 0.6 is 0 Å². The topological polar surface area (TPSA) is 68.3 Å². The molecule has 2 rings (SSSR count). The third-order valence-corrected chi connectivity index (χ3v) is 6.89. The number of rotatable bonds is 2. The molecule has 88 valence electrons. The first-order valence-electron chi connectivity index (χ1n) is 4.91. The lowest BCUT2D eigenvalue weighted by molar-refractivity contribution is 0.582. The van der Waals surface area contributed by atoms with Gasteiger partial charge in [0.05, 0.1) is 21.7 Å². The third kappa shape index (κ3) is 2.12. The fourth-order valence-corrected chi connectivity index (χ4v) is 6.19. The van der Waals surface area contributed by atoms with E-state index in [4.69, 9.17) is 0 Å². The van der Waals surface area contributed by atoms with Crippen molar-refractivity contribution in [3.63, 3.8) is 0 Å². The van der Waals surface area contributed by atoms with Crippen molar-refractivity contribution >= 4 is 19.7 Å². The molecule has 1 fully saturated rings. The van der Waals surface area contributed by atoms with Gasteiger partial charge >= 0.3 is 0 Å². The normalized spacial score (nSPS) is 24.4. The Kier molecular flexibility index (Phi) is 2.79. The van der Waals surface area contributed by atoms with Crippen molar-refractivity contribution in [2.45, 2.75) is 16.6 Å². The summed E-state index contributed by atoms with van der Waals surface area (Å²) in [6.07, 6.45) is 0.208. The fourth-order valence-electron chi connectivity index (χ4n) is 1.81. The molecule has 1 heterocycles. The van der Waals surface area contributed by atoms with E-state index in [-0.39, 0.29) is 22.8 Å². The molecule has 1 aliphatic rings. The summed E-state index contributed by atoms with van der Waals surface area (Å²) in [7, 11) is -6.65. The van der Waals surface area contributed by atoms with Crippen molar-refractivity contribution < 1.29 is 16.8 Å². The summed E-state index contributed by atoms with van der Waals surface area (Å²) in [6.45, 7) is 0. The van der Waals surface area contributed by atoms with Gasteiger partial charge in [-0.05, 0) is 18.6 Å². The van der Waals surface area contributed by atoms with E-state index < -0.39 is 24.9 Å². The molecule has 1 saturated heterocycles. The Balaban J connectivity index is 2.36. The Labute approximate surface area is 95.1 Å². The molecule has 0 amide bonds. The molecule has 0 aliphatic carbocycles. The van der Waals surface area contributed by atoms with Crippen molar-refractivity contribution in [3.05, 3.63) is 30.3 Å². The van der Waals surface area contributed by atoms with Gasteiger partial charge in [0, 0.05) is 0 Å². The smallest absolute Gasteiger partial charge is 0.182 e. The first-order chi connectivity index (χ1) is 7.42. The third-order valence-electron chi connectivity index (χ3n) is 2.70. The van der Waals surface area contributed by atoms with Crippen molar-refractivity contribution in [2.75, 3.05) is 11.5 Å². The molecule has 1 aromatic rings. The van der Waals surface area contributed by atoms with E-state index >= 15 is 0 Å². The summed E-state index contributed by atoms with van der Waals surface area (Å²) in [5, 5.41) is -0.778. The van der Waals surface area contributed by atoms with Gasteiger partial charge in [-0.2, -0.15) is 0 Å². The zero-order chi connectivity index (χ0) is 11.8. The number of hydrogen-bond acceptors (Lipinski definition) is 4. The lowest BCUT2D eigenvalue weighted by Crippen LogP contribution is -2.22. The molecule has 0 radical (unpaired) electrons. The van der Waals surface area contributed by atoms with Crippen LogP contribution in [0.2, 0.25) is 0 Å². The summed E-state index contributed by atoms with van der Waals surface area (Å²) < 4.78 is 46.6. The highest BCUT2D eigenvalue weighted by Gasteiger charge is 2.37. The molecular weight excluding hydrogens is 248 g/mol. The Hall–Kier alpha value is -0.880. The zero-order valence-corrected chi connectivity index (χ0v) is 10.2. The molecular formula is C10H12O4S2. The van der Waals surface area contributed by atoms with E-state index in [1.165, 1.54) is 12.1 Å². The molecule has 1 aliphatic heterocycles. The van der Waals surface area contributed by atoms with Gasteiger partial charge in [-0.15, -0.1) is 0 Å². The zero-order valence-electron chi connectivity index (χ0n) is 8.53. The SMILES string of the molecule is O=S1(=O)CCC(S(=O)(=O)c2ccccc2)C1. The second kappa shape index (κ2) is 3.85. The average molecular weight is 260 g/mol. The van der Waals surface area contributed by atoms with Crippen LogP contribution in [0.3, 0.4) is 0 Å². The van der Waals surface area contributed by atoms with Gasteiger partial charge in [-0.25, -0.2) is 16.8 Å². The van der Waals surface area contributed by atoms with E-state index in [1.54, 1.807) is 18.2 Å². The van der Waals surface area contributed by atoms with Crippen LogP contribution < -0.4 is 0 Å². The first-order valence-corrected chi connectivity index (χ1v) is 8.28. The molecule has 0 spiro atoms. The van der Waals surface area contributed by atoms with E-state index in [1.807, 2.05) is 0 Å². The molecule has 16 heavy (non-hydrogen) atoms. The van der Waals surface area contributed by atoms with Gasteiger partial charge in [0.25, 0.3) is 0 Å². The van der Waals surface area contributed by atoms with Gasteiger partial charge in [-0.3, -0.25) is 0 Å². The summed E-state index contributed by atoms with van der Waals surface area (Å²) >= 11 is 0. The van der Waals surface area contributed by atoms with Gasteiger partial charge in [-0.1, -0.05) is 18.2 Å². The summed E-state index contributed by atoms with van der Waals surface area (Å²) in [5.41, 5.74) is 0. The summed E-state index contributed by atoms with van der Waals surface area (Å²) in [5.74, 6) is -0.270. The molecule has 0 aromatic heterocycles. The van der Waals surface area contributed by atoms with Crippen molar-refractivity contribution in [2.24, 2.45) is 0 Å². The van der Waals surface area contributed by atoms with Gasteiger partial charge in [0.15, 0.2) is 19.7 Å². The summed E-state index contributed by atoms with van der Waals surface area (Å²) in [6, 6.07) is 8.00. The Morgan fingerprint density at radius 2 is 1.75 bits per heavy atom. The molecule has 0 bridgehead atoms. The van der Waals surface area contributed by atoms with Crippen molar-refractivity contribution in [3.8, 4) is 0 Å². The van der Waals surface area contributed by atoms with Crippen LogP contribution in [0.25, 0.3) is 0 Å². The maximum Gasteiger partial charge on any atom is 0.182 e. The second-order valence-electron chi connectivity index (χ2n) is 3.88. The molecule has 1 atom stereocenters. The monoisotopic (exact) mass is 260 g/mol. The van der Waals surface area contributed by atoms with E-state index in [0.717, 1.165) is 0 Å². The molecule has 6 heteroatoms. The molecule has 1 unspecified atom stereocenters. The van der Waals surface area contributed by atoms with Crippen LogP contribution in [0.1, 0.15) is 6.42 Å². The van der Waals surface area contributed by atoms with Gasteiger partial charge in [0.2, 0.25) is 0 Å². The lowest BCUT2D eigenvalue weighted by atomic mass is 10.4. The van der Waals surface area contributed by atoms with Crippen LogP contribution in [0, 0.1) is 0 Å². The van der Waals surface area contributed by atoms with Crippen LogP contribution in [0.4, 0.5) is 0 Å². The quantitative estimate of drug-likeness (QED) is 0.783. The van der Waals surface area contributed by atoms with E-state index in [0.29, 0.717) is 0 Å². The average Bonchev–Trinajstić information content (AvgIpc) is 2.61. The number of sulfone groups is 2. The van der Waals surface area contributed by atoms with Crippen molar-refractivity contribution in [1.29, 1.82) is 0 Å². The minimum absolute atomic E-state index is 0.0241. The summed E-state index contributed by atoms with van der Waals surface area (Å²) in [4.78, 5) is 0.206. The highest BCUT2D eigenvalue weighted by Crippen LogP contribution is 2.24. The van der Waals surface area contributed by atoms with E-state index in [9.17, 15) is 16.8 Å². The Morgan fingerprint density at radius 3 is 2.25 bits per heavy atom. The molecule has 4 nitrogen and oxygen atoms in total. The van der Waals surface area contributed by atoms with E-state index in [2.05, 4.69) is 0 Å². The highest BCUT2D eigenvalue weighted by atomic mass is 32.2. The Morgan fingerprint density at radius 1 is 1.12 bits per heavy atom.